The van der Waals surface area contributed by atoms with Gasteiger partial charge < -0.3 is 10.6 Å². The van der Waals surface area contributed by atoms with Crippen molar-refractivity contribution in [3.63, 3.8) is 0 Å². The van der Waals surface area contributed by atoms with Crippen LogP contribution < -0.4 is 10.6 Å². The van der Waals surface area contributed by atoms with Gasteiger partial charge in [-0.25, -0.2) is 0 Å². The third kappa shape index (κ3) is 3.54. The minimum absolute atomic E-state index is 0.221. The molecule has 0 saturated heterocycles. The molecule has 1 aromatic heterocycles. The summed E-state index contributed by atoms with van der Waals surface area (Å²) >= 11 is 0. The number of carbonyl (C=O) groups is 1. The van der Waals surface area contributed by atoms with Crippen molar-refractivity contribution in [2.45, 2.75) is 13.8 Å². The van der Waals surface area contributed by atoms with Crippen LogP contribution in [0.4, 0.5) is 11.5 Å². The molecule has 2 rings (SSSR count). The number of rotatable bonds is 4. The van der Waals surface area contributed by atoms with Gasteiger partial charge in [-0.1, -0.05) is 6.07 Å². The maximum atomic E-state index is 12.1. The lowest BCUT2D eigenvalue weighted by atomic mass is 10.1. The molecule has 1 amide bonds. The smallest absolute Gasteiger partial charge is 0.276 e. The Morgan fingerprint density at radius 3 is 2.71 bits per heavy atom. The Morgan fingerprint density at radius 2 is 2.10 bits per heavy atom. The zero-order valence-corrected chi connectivity index (χ0v) is 11.8. The van der Waals surface area contributed by atoms with Crippen molar-refractivity contribution >= 4 is 17.4 Å². The SMILES string of the molecule is CCNc1ccc(C(=O)Nc2cc(C#N)ccc2C)nn1. The second kappa shape index (κ2) is 6.48. The fourth-order valence-electron chi connectivity index (χ4n) is 1.74. The average molecular weight is 281 g/mol. The number of nitrogens with one attached hydrogen (secondary N) is 2. The molecule has 2 aromatic rings. The molecule has 0 spiro atoms. The third-order valence-corrected chi connectivity index (χ3v) is 2.87. The highest BCUT2D eigenvalue weighted by molar-refractivity contribution is 6.03. The van der Waals surface area contributed by atoms with Gasteiger partial charge in [-0.15, -0.1) is 10.2 Å². The van der Waals surface area contributed by atoms with Gasteiger partial charge >= 0.3 is 0 Å². The van der Waals surface area contributed by atoms with Crippen LogP contribution in [0.1, 0.15) is 28.5 Å². The number of hydrogen-bond donors (Lipinski definition) is 2. The van der Waals surface area contributed by atoms with Crippen LogP contribution in [-0.2, 0) is 0 Å². The molecule has 0 atom stereocenters. The van der Waals surface area contributed by atoms with Crippen LogP contribution in [0.15, 0.2) is 30.3 Å². The fraction of sp³-hybridized carbons (Fsp3) is 0.200. The molecule has 6 heteroatoms. The summed E-state index contributed by atoms with van der Waals surface area (Å²) in [5, 5.41) is 22.4. The van der Waals surface area contributed by atoms with Crippen LogP contribution in [0.25, 0.3) is 0 Å². The molecule has 0 aliphatic rings. The van der Waals surface area contributed by atoms with Crippen LogP contribution in [0.3, 0.4) is 0 Å². The van der Waals surface area contributed by atoms with Gasteiger partial charge in [0.1, 0.15) is 5.82 Å². The molecule has 6 nitrogen and oxygen atoms in total. The van der Waals surface area contributed by atoms with Crippen molar-refractivity contribution in [2.75, 3.05) is 17.2 Å². The van der Waals surface area contributed by atoms with E-state index in [0.29, 0.717) is 17.1 Å². The standard InChI is InChI=1S/C15H15N5O/c1-3-17-14-7-6-12(19-20-14)15(21)18-13-8-11(9-16)5-4-10(13)2/h4-8H,3H2,1-2H3,(H,17,20)(H,18,21). The summed E-state index contributed by atoms with van der Waals surface area (Å²) in [5.41, 5.74) is 2.18. The van der Waals surface area contributed by atoms with Crippen LogP contribution in [0, 0.1) is 18.3 Å². The molecule has 0 aliphatic carbocycles. The highest BCUT2D eigenvalue weighted by atomic mass is 16.1. The van der Waals surface area contributed by atoms with Gasteiger partial charge in [-0.3, -0.25) is 4.79 Å². The molecular weight excluding hydrogens is 266 g/mol. The molecule has 1 aromatic carbocycles. The fourth-order valence-corrected chi connectivity index (χ4v) is 1.74. The molecule has 0 unspecified atom stereocenters. The van der Waals surface area contributed by atoms with E-state index < -0.39 is 0 Å². The third-order valence-electron chi connectivity index (χ3n) is 2.87. The normalized spacial score (nSPS) is 9.76. The van der Waals surface area contributed by atoms with Gasteiger partial charge in [0.2, 0.25) is 0 Å². The van der Waals surface area contributed by atoms with Gasteiger partial charge in [0.25, 0.3) is 5.91 Å². The lowest BCUT2D eigenvalue weighted by molar-refractivity contribution is 0.102. The summed E-state index contributed by atoms with van der Waals surface area (Å²) < 4.78 is 0. The molecule has 21 heavy (non-hydrogen) atoms. The first-order valence-electron chi connectivity index (χ1n) is 6.53. The Hall–Kier alpha value is -2.94. The minimum atomic E-state index is -0.358. The number of benzene rings is 1. The zero-order valence-electron chi connectivity index (χ0n) is 11.8. The lowest BCUT2D eigenvalue weighted by Crippen LogP contribution is -2.15. The Balaban J connectivity index is 2.16. The summed E-state index contributed by atoms with van der Waals surface area (Å²) in [7, 11) is 0. The van der Waals surface area contributed by atoms with Gasteiger partial charge in [0.05, 0.1) is 11.6 Å². The number of nitriles is 1. The Bertz CT molecular complexity index is 688. The second-order valence-corrected chi connectivity index (χ2v) is 4.43. The highest BCUT2D eigenvalue weighted by Gasteiger charge is 2.10. The predicted molar refractivity (Wildman–Crippen MR) is 80.0 cm³/mol. The summed E-state index contributed by atoms with van der Waals surface area (Å²) in [5.74, 6) is 0.264. The number of anilines is 2. The zero-order chi connectivity index (χ0) is 15.2. The molecule has 0 radical (unpaired) electrons. The quantitative estimate of drug-likeness (QED) is 0.897. The first kappa shape index (κ1) is 14.5. The molecule has 1 heterocycles. The van der Waals surface area contributed by atoms with Crippen LogP contribution in [-0.4, -0.2) is 22.6 Å². The van der Waals surface area contributed by atoms with Crippen molar-refractivity contribution in [3.05, 3.63) is 47.2 Å². The predicted octanol–water partition coefficient (Wildman–Crippen LogP) is 2.34. The first-order valence-corrected chi connectivity index (χ1v) is 6.53. The number of amides is 1. The van der Waals surface area contributed by atoms with Gasteiger partial charge in [0.15, 0.2) is 5.69 Å². The number of nitrogens with zero attached hydrogens (tertiary/aromatic N) is 3. The van der Waals surface area contributed by atoms with Crippen molar-refractivity contribution in [2.24, 2.45) is 0 Å². The van der Waals surface area contributed by atoms with E-state index in [9.17, 15) is 4.79 Å². The van der Waals surface area contributed by atoms with Crippen molar-refractivity contribution < 1.29 is 4.79 Å². The Kier molecular flexibility index (Phi) is 4.46. The van der Waals surface area contributed by atoms with E-state index in [2.05, 4.69) is 20.8 Å². The number of carbonyl (C=O) groups excluding carboxylic acids is 1. The molecule has 0 fully saturated rings. The summed E-state index contributed by atoms with van der Waals surface area (Å²) in [6.07, 6.45) is 0. The highest BCUT2D eigenvalue weighted by Crippen LogP contribution is 2.17. The summed E-state index contributed by atoms with van der Waals surface area (Å²) in [4.78, 5) is 12.1. The van der Waals surface area contributed by atoms with E-state index in [1.807, 2.05) is 19.9 Å². The molecule has 0 aliphatic heterocycles. The molecular formula is C15H15N5O. The van der Waals surface area contributed by atoms with Crippen LogP contribution in [0.5, 0.6) is 0 Å². The van der Waals surface area contributed by atoms with Crippen LogP contribution in [0.2, 0.25) is 0 Å². The van der Waals surface area contributed by atoms with Crippen molar-refractivity contribution in [1.29, 1.82) is 5.26 Å². The first-order chi connectivity index (χ1) is 10.1. The maximum Gasteiger partial charge on any atom is 0.276 e. The summed E-state index contributed by atoms with van der Waals surface area (Å²) in [6.45, 7) is 4.55. The topological polar surface area (TPSA) is 90.7 Å². The number of aromatic nitrogens is 2. The van der Waals surface area contributed by atoms with E-state index in [0.717, 1.165) is 12.1 Å². The van der Waals surface area contributed by atoms with E-state index >= 15 is 0 Å². The van der Waals surface area contributed by atoms with Crippen molar-refractivity contribution in [3.8, 4) is 6.07 Å². The molecule has 0 saturated carbocycles. The Labute approximate surface area is 122 Å². The lowest BCUT2D eigenvalue weighted by Gasteiger charge is -2.08. The average Bonchev–Trinajstić information content (AvgIpc) is 2.50. The summed E-state index contributed by atoms with van der Waals surface area (Å²) in [6, 6.07) is 10.5. The van der Waals surface area contributed by atoms with Gasteiger partial charge in [-0.05, 0) is 43.7 Å². The minimum Gasteiger partial charge on any atom is -0.369 e. The van der Waals surface area contributed by atoms with Crippen LogP contribution >= 0.6 is 0 Å². The van der Waals surface area contributed by atoms with Gasteiger partial charge in [0, 0.05) is 12.2 Å². The van der Waals surface area contributed by atoms with E-state index in [1.165, 1.54) is 0 Å². The molecule has 2 N–H and O–H groups in total. The molecule has 106 valence electrons. The van der Waals surface area contributed by atoms with E-state index in [-0.39, 0.29) is 11.6 Å². The maximum absolute atomic E-state index is 12.1. The van der Waals surface area contributed by atoms with Gasteiger partial charge in [-0.2, -0.15) is 5.26 Å². The Morgan fingerprint density at radius 1 is 1.29 bits per heavy atom. The second-order valence-electron chi connectivity index (χ2n) is 4.43. The number of hydrogen-bond acceptors (Lipinski definition) is 5. The molecule has 0 bridgehead atoms. The van der Waals surface area contributed by atoms with E-state index in [4.69, 9.17) is 5.26 Å². The largest absolute Gasteiger partial charge is 0.369 e. The van der Waals surface area contributed by atoms with Crippen molar-refractivity contribution in [1.82, 2.24) is 10.2 Å². The number of aryl methyl sites for hydroxylation is 1. The van der Waals surface area contributed by atoms with E-state index in [1.54, 1.807) is 30.3 Å². The monoisotopic (exact) mass is 281 g/mol.